The molecule has 1 aromatic carbocycles. The molecule has 0 bridgehead atoms. The van der Waals surface area contributed by atoms with Crippen molar-refractivity contribution in [1.29, 1.82) is 0 Å². The van der Waals surface area contributed by atoms with E-state index in [-0.39, 0.29) is 18.5 Å². The third-order valence-corrected chi connectivity index (χ3v) is 3.66. The van der Waals surface area contributed by atoms with Crippen LogP contribution >= 0.6 is 0 Å². The van der Waals surface area contributed by atoms with Crippen LogP contribution in [0, 0.1) is 6.92 Å². The van der Waals surface area contributed by atoms with Crippen molar-refractivity contribution in [2.75, 3.05) is 11.9 Å². The number of benzene rings is 1. The molecule has 1 amide bonds. The van der Waals surface area contributed by atoms with Crippen molar-refractivity contribution in [2.24, 2.45) is 0 Å². The van der Waals surface area contributed by atoms with Crippen LogP contribution in [0.5, 0.6) is 0 Å². The lowest BCUT2D eigenvalue weighted by atomic mass is 10.1. The number of hydrogen-bond acceptors (Lipinski definition) is 5. The van der Waals surface area contributed by atoms with E-state index in [0.717, 1.165) is 11.3 Å². The van der Waals surface area contributed by atoms with Gasteiger partial charge in [-0.25, -0.2) is 0 Å². The Morgan fingerprint density at radius 2 is 2.04 bits per heavy atom. The minimum Gasteiger partial charge on any atom is -0.468 e. The Labute approximate surface area is 139 Å². The molecule has 0 spiro atoms. The summed E-state index contributed by atoms with van der Waals surface area (Å²) < 4.78 is 10.5. The number of carbonyl (C=O) groups is 1. The molecule has 0 aliphatic rings. The summed E-state index contributed by atoms with van der Waals surface area (Å²) in [6.07, 6.45) is 1.61. The number of aryl methyl sites for hydroxylation is 1. The highest BCUT2D eigenvalue weighted by atomic mass is 16.5. The zero-order valence-electron chi connectivity index (χ0n) is 13.6. The van der Waals surface area contributed by atoms with E-state index < -0.39 is 0 Å². The lowest BCUT2D eigenvalue weighted by Crippen LogP contribution is -2.29. The number of hydrogen-bond donors (Lipinski definition) is 2. The lowest BCUT2D eigenvalue weighted by Gasteiger charge is -2.10. The van der Waals surface area contributed by atoms with Crippen molar-refractivity contribution in [1.82, 2.24) is 10.5 Å². The molecular weight excluding hydrogens is 306 g/mol. The third kappa shape index (κ3) is 3.91. The zero-order valence-corrected chi connectivity index (χ0v) is 13.6. The van der Waals surface area contributed by atoms with Gasteiger partial charge in [-0.15, -0.1) is 0 Å². The Morgan fingerprint density at radius 1 is 1.25 bits per heavy atom. The van der Waals surface area contributed by atoms with Gasteiger partial charge in [0.25, 0.3) is 0 Å². The Bertz CT molecular complexity index is 791. The number of anilines is 1. The number of nitrogens with zero attached hydrogens (tertiary/aromatic N) is 1. The van der Waals surface area contributed by atoms with Crippen LogP contribution in [0.4, 0.5) is 5.88 Å². The minimum atomic E-state index is -0.208. The maximum Gasteiger partial charge on any atom is 0.240 e. The summed E-state index contributed by atoms with van der Waals surface area (Å²) in [6, 6.07) is 13.3. The van der Waals surface area contributed by atoms with Crippen molar-refractivity contribution in [3.05, 3.63) is 60.1 Å². The summed E-state index contributed by atoms with van der Waals surface area (Å²) in [6.45, 7) is 4.09. The maximum atomic E-state index is 12.0. The van der Waals surface area contributed by atoms with Gasteiger partial charge >= 0.3 is 0 Å². The standard InChI is InChI=1S/C18H19N3O3/c1-12-5-7-14(8-6-12)15-10-18(24-21-15)20-17(22)11-19-13(2)16-4-3-9-23-16/h3-10,13,19H,11H2,1-2H3,(H,20,22)/t13-/m1/s1. The first-order valence-corrected chi connectivity index (χ1v) is 7.72. The molecule has 0 unspecified atom stereocenters. The van der Waals surface area contributed by atoms with E-state index in [1.165, 1.54) is 5.56 Å². The van der Waals surface area contributed by atoms with Crippen LogP contribution in [0.25, 0.3) is 11.3 Å². The second-order valence-corrected chi connectivity index (χ2v) is 5.61. The predicted octanol–water partition coefficient (Wildman–Crippen LogP) is 3.53. The fraction of sp³-hybridized carbons (Fsp3) is 0.222. The lowest BCUT2D eigenvalue weighted by molar-refractivity contribution is -0.115. The van der Waals surface area contributed by atoms with Crippen LogP contribution in [-0.4, -0.2) is 17.6 Å². The number of aromatic nitrogens is 1. The van der Waals surface area contributed by atoms with Gasteiger partial charge in [0, 0.05) is 11.6 Å². The zero-order chi connectivity index (χ0) is 16.9. The van der Waals surface area contributed by atoms with E-state index in [4.69, 9.17) is 8.94 Å². The summed E-state index contributed by atoms with van der Waals surface area (Å²) in [5.74, 6) is 0.896. The second kappa shape index (κ2) is 7.14. The molecule has 0 saturated heterocycles. The molecule has 6 heteroatoms. The van der Waals surface area contributed by atoms with E-state index in [0.29, 0.717) is 11.6 Å². The molecule has 0 fully saturated rings. The molecule has 6 nitrogen and oxygen atoms in total. The van der Waals surface area contributed by atoms with Crippen molar-refractivity contribution >= 4 is 11.8 Å². The molecule has 0 aliphatic carbocycles. The molecule has 0 aliphatic heterocycles. The Morgan fingerprint density at radius 3 is 2.75 bits per heavy atom. The van der Waals surface area contributed by atoms with Gasteiger partial charge in [-0.05, 0) is 26.0 Å². The molecule has 3 rings (SSSR count). The topological polar surface area (TPSA) is 80.3 Å². The van der Waals surface area contributed by atoms with Crippen molar-refractivity contribution in [3.8, 4) is 11.3 Å². The van der Waals surface area contributed by atoms with Gasteiger partial charge in [-0.3, -0.25) is 15.4 Å². The van der Waals surface area contributed by atoms with Crippen molar-refractivity contribution in [2.45, 2.75) is 19.9 Å². The Hall–Kier alpha value is -2.86. The number of furan rings is 1. The van der Waals surface area contributed by atoms with Gasteiger partial charge in [0.05, 0.1) is 18.8 Å². The molecule has 2 aromatic heterocycles. The molecule has 124 valence electrons. The Balaban J connectivity index is 1.54. The second-order valence-electron chi connectivity index (χ2n) is 5.61. The van der Waals surface area contributed by atoms with Gasteiger partial charge in [-0.1, -0.05) is 35.0 Å². The smallest absolute Gasteiger partial charge is 0.240 e. The molecular formula is C18H19N3O3. The number of amides is 1. The number of rotatable bonds is 6. The maximum absolute atomic E-state index is 12.0. The molecule has 2 N–H and O–H groups in total. The normalized spacial score (nSPS) is 12.1. The predicted molar refractivity (Wildman–Crippen MR) is 90.4 cm³/mol. The molecule has 24 heavy (non-hydrogen) atoms. The van der Waals surface area contributed by atoms with Gasteiger partial charge in [-0.2, -0.15) is 0 Å². The van der Waals surface area contributed by atoms with Crippen LogP contribution in [0.3, 0.4) is 0 Å². The third-order valence-electron chi connectivity index (χ3n) is 3.66. The first-order chi connectivity index (χ1) is 11.6. The molecule has 3 aromatic rings. The van der Waals surface area contributed by atoms with E-state index in [1.54, 1.807) is 12.3 Å². The fourth-order valence-corrected chi connectivity index (χ4v) is 2.26. The minimum absolute atomic E-state index is 0.0522. The van der Waals surface area contributed by atoms with Crippen LogP contribution in [0.2, 0.25) is 0 Å². The fourth-order valence-electron chi connectivity index (χ4n) is 2.26. The molecule has 2 heterocycles. The summed E-state index contributed by atoms with van der Waals surface area (Å²) in [4.78, 5) is 12.0. The molecule has 1 atom stereocenters. The molecule has 0 radical (unpaired) electrons. The average Bonchev–Trinajstić information content (AvgIpc) is 3.25. The van der Waals surface area contributed by atoms with E-state index in [1.807, 2.05) is 50.2 Å². The first-order valence-electron chi connectivity index (χ1n) is 7.72. The number of carbonyl (C=O) groups excluding carboxylic acids is 1. The van der Waals surface area contributed by atoms with E-state index >= 15 is 0 Å². The monoisotopic (exact) mass is 325 g/mol. The summed E-state index contributed by atoms with van der Waals surface area (Å²) in [5.41, 5.74) is 2.80. The average molecular weight is 325 g/mol. The highest BCUT2D eigenvalue weighted by Gasteiger charge is 2.12. The molecule has 0 saturated carbocycles. The van der Waals surface area contributed by atoms with Crippen LogP contribution < -0.4 is 10.6 Å². The number of nitrogens with one attached hydrogen (secondary N) is 2. The van der Waals surface area contributed by atoms with Gasteiger partial charge in [0.1, 0.15) is 11.5 Å². The van der Waals surface area contributed by atoms with Crippen molar-refractivity contribution < 1.29 is 13.7 Å². The largest absolute Gasteiger partial charge is 0.468 e. The van der Waals surface area contributed by atoms with Crippen LogP contribution in [-0.2, 0) is 4.79 Å². The van der Waals surface area contributed by atoms with Gasteiger partial charge in [0.15, 0.2) is 0 Å². The van der Waals surface area contributed by atoms with Crippen molar-refractivity contribution in [3.63, 3.8) is 0 Å². The summed E-state index contributed by atoms with van der Waals surface area (Å²) in [5, 5.41) is 9.74. The Kier molecular flexibility index (Phi) is 4.77. The van der Waals surface area contributed by atoms with Gasteiger partial charge in [0.2, 0.25) is 11.8 Å². The SMILES string of the molecule is Cc1ccc(-c2cc(NC(=O)CN[C@H](C)c3ccco3)on2)cc1. The first kappa shape index (κ1) is 16.0. The van der Waals surface area contributed by atoms with Crippen LogP contribution in [0.1, 0.15) is 24.3 Å². The van der Waals surface area contributed by atoms with E-state index in [2.05, 4.69) is 15.8 Å². The summed E-state index contributed by atoms with van der Waals surface area (Å²) in [7, 11) is 0. The van der Waals surface area contributed by atoms with E-state index in [9.17, 15) is 4.79 Å². The highest BCUT2D eigenvalue weighted by Crippen LogP contribution is 2.22. The highest BCUT2D eigenvalue weighted by molar-refractivity contribution is 5.91. The van der Waals surface area contributed by atoms with Crippen LogP contribution in [0.15, 0.2) is 57.7 Å². The van der Waals surface area contributed by atoms with Gasteiger partial charge < -0.3 is 8.94 Å². The summed E-state index contributed by atoms with van der Waals surface area (Å²) >= 11 is 0. The quantitative estimate of drug-likeness (QED) is 0.724.